The average molecular weight is 340 g/mol. The van der Waals surface area contributed by atoms with E-state index in [4.69, 9.17) is 4.42 Å². The van der Waals surface area contributed by atoms with Gasteiger partial charge in [0.25, 0.3) is 0 Å². The highest BCUT2D eigenvalue weighted by Crippen LogP contribution is 2.45. The summed E-state index contributed by atoms with van der Waals surface area (Å²) < 4.78 is 5.52. The first-order valence-electron chi connectivity index (χ1n) is 8.83. The van der Waals surface area contributed by atoms with Gasteiger partial charge >= 0.3 is 11.8 Å². The van der Waals surface area contributed by atoms with Crippen LogP contribution in [0.4, 0.5) is 0 Å². The van der Waals surface area contributed by atoms with Crippen LogP contribution in [0.2, 0.25) is 0 Å². The van der Waals surface area contributed by atoms with Gasteiger partial charge in [0.1, 0.15) is 0 Å². The van der Waals surface area contributed by atoms with Gasteiger partial charge in [0.2, 0.25) is 5.89 Å². The van der Waals surface area contributed by atoms with Crippen LogP contribution in [0, 0.1) is 11.8 Å². The summed E-state index contributed by atoms with van der Waals surface area (Å²) in [7, 11) is 0. The molecule has 132 valence electrons. The van der Waals surface area contributed by atoms with Gasteiger partial charge in [-0.15, -0.1) is 10.2 Å². The highest BCUT2D eigenvalue weighted by molar-refractivity contribution is 5.90. The zero-order chi connectivity index (χ0) is 17.6. The lowest BCUT2D eigenvalue weighted by Gasteiger charge is -2.19. The van der Waals surface area contributed by atoms with Crippen LogP contribution >= 0.6 is 0 Å². The van der Waals surface area contributed by atoms with Crippen LogP contribution in [0.5, 0.6) is 0 Å². The van der Waals surface area contributed by atoms with Crippen LogP contribution in [0.3, 0.4) is 0 Å². The molecule has 2 fully saturated rings. The van der Waals surface area contributed by atoms with Crippen molar-refractivity contribution >= 4 is 5.91 Å². The van der Waals surface area contributed by atoms with E-state index in [0.717, 1.165) is 19.6 Å². The average Bonchev–Trinajstić information content (AvgIpc) is 3.00. The van der Waals surface area contributed by atoms with Crippen molar-refractivity contribution in [2.45, 2.75) is 38.8 Å². The largest absolute Gasteiger partial charge is 0.416 e. The molecule has 2 atom stereocenters. The van der Waals surface area contributed by atoms with Crippen LogP contribution < -0.4 is 5.32 Å². The summed E-state index contributed by atoms with van der Waals surface area (Å²) >= 11 is 0. The summed E-state index contributed by atoms with van der Waals surface area (Å²) in [6, 6.07) is 10.7. The van der Waals surface area contributed by atoms with Crippen LogP contribution in [-0.2, 0) is 12.0 Å². The topological polar surface area (TPSA) is 71.3 Å². The minimum Gasteiger partial charge on any atom is -0.416 e. The molecule has 0 spiro atoms. The van der Waals surface area contributed by atoms with Gasteiger partial charge in [-0.1, -0.05) is 51.1 Å². The number of aromatic nitrogens is 2. The second kappa shape index (κ2) is 5.95. The lowest BCUT2D eigenvalue weighted by molar-refractivity contribution is 0.0904. The minimum absolute atomic E-state index is 0.0658. The lowest BCUT2D eigenvalue weighted by Crippen LogP contribution is -2.34. The van der Waals surface area contributed by atoms with Crippen molar-refractivity contribution in [3.63, 3.8) is 0 Å². The Bertz CT molecular complexity index is 753. The Morgan fingerprint density at radius 2 is 1.88 bits per heavy atom. The normalized spacial score (nSPS) is 25.6. The van der Waals surface area contributed by atoms with Gasteiger partial charge in [-0.05, 0) is 17.4 Å². The van der Waals surface area contributed by atoms with Gasteiger partial charge in [0.05, 0.1) is 0 Å². The maximum absolute atomic E-state index is 12.3. The number of carbonyl (C=O) groups excluding carboxylic acids is 1. The molecule has 1 aliphatic carbocycles. The Hall–Kier alpha value is -2.21. The monoisotopic (exact) mass is 340 g/mol. The minimum atomic E-state index is -0.253. The molecule has 1 aliphatic heterocycles. The molecule has 0 unspecified atom stereocenters. The fourth-order valence-electron chi connectivity index (χ4n) is 3.63. The van der Waals surface area contributed by atoms with E-state index in [-0.39, 0.29) is 23.3 Å². The van der Waals surface area contributed by atoms with Crippen molar-refractivity contribution in [3.05, 3.63) is 47.7 Å². The predicted molar refractivity (Wildman–Crippen MR) is 93.0 cm³/mol. The summed E-state index contributed by atoms with van der Waals surface area (Å²) in [5.74, 6) is 1.38. The summed E-state index contributed by atoms with van der Waals surface area (Å²) in [6.45, 7) is 8.98. The van der Waals surface area contributed by atoms with E-state index in [0.29, 0.717) is 17.7 Å². The number of fused-ring (bicyclic) bond motifs is 1. The van der Waals surface area contributed by atoms with Gasteiger partial charge in [-0.2, -0.15) is 0 Å². The lowest BCUT2D eigenvalue weighted by atomic mass is 9.97. The Labute approximate surface area is 147 Å². The number of nitrogens with one attached hydrogen (secondary N) is 1. The third kappa shape index (κ3) is 3.31. The number of rotatable bonds is 4. The number of hydrogen-bond donors (Lipinski definition) is 1. The summed E-state index contributed by atoms with van der Waals surface area (Å²) in [6.07, 6.45) is 0. The van der Waals surface area contributed by atoms with Crippen LogP contribution in [0.15, 0.2) is 34.7 Å². The molecule has 0 bridgehead atoms. The van der Waals surface area contributed by atoms with E-state index in [1.165, 1.54) is 5.56 Å². The number of piperidine rings is 1. The van der Waals surface area contributed by atoms with Crippen molar-refractivity contribution in [1.29, 1.82) is 0 Å². The highest BCUT2D eigenvalue weighted by atomic mass is 16.4. The van der Waals surface area contributed by atoms with Crippen molar-refractivity contribution in [1.82, 2.24) is 20.4 Å². The fraction of sp³-hybridized carbons (Fsp3) is 0.526. The predicted octanol–water partition coefficient (Wildman–Crippen LogP) is 2.23. The zero-order valence-electron chi connectivity index (χ0n) is 14.9. The first-order chi connectivity index (χ1) is 11.9. The van der Waals surface area contributed by atoms with Crippen molar-refractivity contribution in [2.24, 2.45) is 11.8 Å². The molecule has 1 aromatic carbocycles. The van der Waals surface area contributed by atoms with E-state index in [9.17, 15) is 4.79 Å². The van der Waals surface area contributed by atoms with E-state index in [1.54, 1.807) is 0 Å². The Morgan fingerprint density at radius 3 is 2.48 bits per heavy atom. The van der Waals surface area contributed by atoms with Gasteiger partial charge in [-0.25, -0.2) is 0 Å². The third-order valence-electron chi connectivity index (χ3n) is 5.08. The number of nitrogens with zero attached hydrogens (tertiary/aromatic N) is 3. The molecule has 2 aromatic rings. The molecule has 4 rings (SSSR count). The maximum atomic E-state index is 12.3. The van der Waals surface area contributed by atoms with E-state index < -0.39 is 0 Å². The second-order valence-electron chi connectivity index (χ2n) is 8.17. The van der Waals surface area contributed by atoms with E-state index in [1.807, 2.05) is 26.8 Å². The molecule has 1 amide bonds. The van der Waals surface area contributed by atoms with Crippen LogP contribution in [-0.4, -0.2) is 40.1 Å². The molecule has 1 saturated carbocycles. The number of amides is 1. The number of carbonyl (C=O) groups is 1. The van der Waals surface area contributed by atoms with Gasteiger partial charge < -0.3 is 9.73 Å². The van der Waals surface area contributed by atoms with E-state index in [2.05, 4.69) is 44.7 Å². The first-order valence-corrected chi connectivity index (χ1v) is 8.83. The van der Waals surface area contributed by atoms with Crippen molar-refractivity contribution in [2.75, 3.05) is 13.1 Å². The second-order valence-corrected chi connectivity index (χ2v) is 8.17. The van der Waals surface area contributed by atoms with E-state index >= 15 is 0 Å². The highest BCUT2D eigenvalue weighted by Gasteiger charge is 2.56. The fourth-order valence-corrected chi connectivity index (χ4v) is 3.63. The summed E-state index contributed by atoms with van der Waals surface area (Å²) in [5.41, 5.74) is 1.09. The molecule has 1 saturated heterocycles. The summed E-state index contributed by atoms with van der Waals surface area (Å²) in [4.78, 5) is 14.8. The first kappa shape index (κ1) is 16.3. The molecule has 1 N–H and O–H groups in total. The van der Waals surface area contributed by atoms with Gasteiger partial charge in [0, 0.05) is 31.1 Å². The van der Waals surface area contributed by atoms with Crippen LogP contribution in [0.25, 0.3) is 0 Å². The van der Waals surface area contributed by atoms with Gasteiger partial charge in [-0.3, -0.25) is 9.69 Å². The SMILES string of the molecule is CC(C)(C)c1nnc(C(=O)NC2[C@H]3CN(Cc4ccccc4)C[C@H]23)o1. The number of benzene rings is 1. The van der Waals surface area contributed by atoms with Crippen molar-refractivity contribution in [3.8, 4) is 0 Å². The van der Waals surface area contributed by atoms with Gasteiger partial charge in [0.15, 0.2) is 0 Å². The molecule has 6 heteroatoms. The standard InChI is InChI=1S/C19H24N4O2/c1-19(2,3)18-22-21-17(25-18)16(24)20-15-13-10-23(11-14(13)15)9-12-7-5-4-6-8-12/h4-8,13-15H,9-11H2,1-3H3,(H,20,24)/t13-,14-/m0/s1. The number of likely N-dealkylation sites (tertiary alicyclic amines) is 1. The Balaban J connectivity index is 1.29. The quantitative estimate of drug-likeness (QED) is 0.924. The zero-order valence-corrected chi connectivity index (χ0v) is 14.9. The molecular formula is C19H24N4O2. The smallest absolute Gasteiger partial charge is 0.309 e. The van der Waals surface area contributed by atoms with Crippen LogP contribution in [0.1, 0.15) is 42.9 Å². The Morgan fingerprint density at radius 1 is 1.20 bits per heavy atom. The molecule has 1 aromatic heterocycles. The number of hydrogen-bond acceptors (Lipinski definition) is 5. The Kier molecular flexibility index (Phi) is 3.87. The molecule has 25 heavy (non-hydrogen) atoms. The third-order valence-corrected chi connectivity index (χ3v) is 5.08. The maximum Gasteiger partial charge on any atom is 0.309 e. The molecular weight excluding hydrogens is 316 g/mol. The molecule has 2 heterocycles. The molecule has 0 radical (unpaired) electrons. The summed E-state index contributed by atoms with van der Waals surface area (Å²) in [5, 5.41) is 10.9. The van der Waals surface area contributed by atoms with Crippen molar-refractivity contribution < 1.29 is 9.21 Å². The molecule has 6 nitrogen and oxygen atoms in total. The molecule has 2 aliphatic rings.